The second kappa shape index (κ2) is 8.35. The molecule has 0 radical (unpaired) electrons. The zero-order valence-electron chi connectivity index (χ0n) is 13.2. The number of nitrogens with one attached hydrogen (secondary N) is 3. The molecule has 3 nitrogen and oxygen atoms in total. The summed E-state index contributed by atoms with van der Waals surface area (Å²) in [6, 6.07) is 11.6. The van der Waals surface area contributed by atoms with E-state index in [9.17, 15) is 0 Å². The van der Waals surface area contributed by atoms with Crippen LogP contribution in [0, 0.1) is 0 Å². The van der Waals surface area contributed by atoms with Crippen LogP contribution in [0.15, 0.2) is 30.3 Å². The fourth-order valence-electron chi connectivity index (χ4n) is 3.02. The number of hydrogen-bond acceptors (Lipinski definition) is 1. The van der Waals surface area contributed by atoms with Crippen LogP contribution in [0.4, 0.5) is 0 Å². The molecule has 0 heterocycles. The van der Waals surface area contributed by atoms with Gasteiger partial charge < -0.3 is 15.5 Å². The van der Waals surface area contributed by atoms with E-state index in [1.54, 1.807) is 0 Å². The molecule has 21 heavy (non-hydrogen) atoms. The number of quaternary nitrogens is 1. The Morgan fingerprint density at radius 3 is 2.48 bits per heavy atom. The van der Waals surface area contributed by atoms with Crippen LogP contribution in [0.2, 0.25) is 0 Å². The highest BCUT2D eigenvalue weighted by atomic mass is 32.1. The molecule has 116 valence electrons. The topological polar surface area (TPSA) is 28.5 Å². The van der Waals surface area contributed by atoms with Crippen molar-refractivity contribution in [3.8, 4) is 0 Å². The third-order valence-electron chi connectivity index (χ3n) is 4.31. The van der Waals surface area contributed by atoms with Gasteiger partial charge in [-0.05, 0) is 25.1 Å². The van der Waals surface area contributed by atoms with Gasteiger partial charge >= 0.3 is 0 Å². The first-order valence-corrected chi connectivity index (χ1v) is 8.47. The molecule has 3 N–H and O–H groups in total. The molecular weight excluding hydrogens is 278 g/mol. The Morgan fingerprint density at radius 2 is 1.86 bits per heavy atom. The lowest BCUT2D eigenvalue weighted by molar-refractivity contribution is -0.890. The normalized spacial score (nSPS) is 17.5. The molecule has 1 atom stereocenters. The summed E-state index contributed by atoms with van der Waals surface area (Å²) >= 11 is 5.46. The molecule has 0 aromatic heterocycles. The van der Waals surface area contributed by atoms with Gasteiger partial charge in [-0.3, -0.25) is 0 Å². The van der Waals surface area contributed by atoms with Crippen molar-refractivity contribution >= 4 is 17.3 Å². The molecule has 0 aliphatic heterocycles. The van der Waals surface area contributed by atoms with Gasteiger partial charge in [0.15, 0.2) is 5.11 Å². The molecule has 4 heteroatoms. The number of hydrogen-bond donors (Lipinski definition) is 3. The molecule has 1 aliphatic carbocycles. The van der Waals surface area contributed by atoms with Gasteiger partial charge in [0.2, 0.25) is 0 Å². The Balaban J connectivity index is 1.82. The van der Waals surface area contributed by atoms with E-state index in [1.807, 2.05) is 0 Å². The van der Waals surface area contributed by atoms with Crippen LogP contribution in [-0.2, 0) is 0 Å². The lowest BCUT2D eigenvalue weighted by Gasteiger charge is -2.26. The van der Waals surface area contributed by atoms with Gasteiger partial charge in [-0.15, -0.1) is 0 Å². The Kier molecular flexibility index (Phi) is 6.46. The molecule has 0 saturated heterocycles. The highest BCUT2D eigenvalue weighted by molar-refractivity contribution is 7.80. The lowest BCUT2D eigenvalue weighted by atomic mass is 9.96. The monoisotopic (exact) mass is 306 g/mol. The Hall–Kier alpha value is -1.13. The van der Waals surface area contributed by atoms with Gasteiger partial charge in [0.05, 0.1) is 20.6 Å². The Labute approximate surface area is 134 Å². The molecule has 2 rings (SSSR count). The van der Waals surface area contributed by atoms with Crippen molar-refractivity contribution in [3.63, 3.8) is 0 Å². The van der Waals surface area contributed by atoms with Gasteiger partial charge in [-0.25, -0.2) is 0 Å². The van der Waals surface area contributed by atoms with E-state index in [1.165, 1.54) is 42.6 Å². The first-order chi connectivity index (χ1) is 10.2. The van der Waals surface area contributed by atoms with Gasteiger partial charge in [-0.1, -0.05) is 49.6 Å². The molecule has 1 aliphatic rings. The second-order valence-electron chi connectivity index (χ2n) is 6.23. The molecule has 0 amide bonds. The summed E-state index contributed by atoms with van der Waals surface area (Å²) in [6.45, 7) is 0.866. The van der Waals surface area contributed by atoms with E-state index < -0.39 is 0 Å². The van der Waals surface area contributed by atoms with Crippen molar-refractivity contribution in [1.82, 2.24) is 10.6 Å². The molecule has 0 bridgehead atoms. The van der Waals surface area contributed by atoms with Gasteiger partial charge in [0.25, 0.3) is 0 Å². The van der Waals surface area contributed by atoms with E-state index in [0.29, 0.717) is 12.1 Å². The van der Waals surface area contributed by atoms with E-state index in [-0.39, 0.29) is 0 Å². The first kappa shape index (κ1) is 16.2. The molecule has 1 saturated carbocycles. The van der Waals surface area contributed by atoms with Crippen molar-refractivity contribution in [2.75, 3.05) is 20.6 Å². The fourth-order valence-corrected chi connectivity index (χ4v) is 3.27. The van der Waals surface area contributed by atoms with Crippen LogP contribution in [0.3, 0.4) is 0 Å². The average molecular weight is 306 g/mol. The summed E-state index contributed by atoms with van der Waals surface area (Å²) in [5.74, 6) is 0. The van der Waals surface area contributed by atoms with Crippen molar-refractivity contribution in [2.24, 2.45) is 0 Å². The average Bonchev–Trinajstić information content (AvgIpc) is 2.49. The first-order valence-electron chi connectivity index (χ1n) is 8.06. The maximum Gasteiger partial charge on any atom is 0.166 e. The third kappa shape index (κ3) is 5.29. The summed E-state index contributed by atoms with van der Waals surface area (Å²) in [6.07, 6.45) is 6.54. The maximum absolute atomic E-state index is 5.46. The number of benzene rings is 1. The quantitative estimate of drug-likeness (QED) is 0.723. The fraction of sp³-hybridized carbons (Fsp3) is 0.588. The second-order valence-corrected chi connectivity index (χ2v) is 6.64. The number of thiocarbonyl (C=S) groups is 1. The zero-order valence-corrected chi connectivity index (χ0v) is 14.0. The Bertz CT molecular complexity index is 427. The molecule has 1 fully saturated rings. The number of rotatable bonds is 5. The standard InChI is InChI=1S/C17H27N3S/c1-20(2)16(14-9-5-3-6-10-14)13-18-17(21)19-15-11-7-4-8-12-15/h3,5-6,9-10,15-16H,4,7-8,11-13H2,1-2H3,(H2,18,19,21)/p+1/t16-/m1/s1. The smallest absolute Gasteiger partial charge is 0.166 e. The minimum Gasteiger partial charge on any atom is -0.360 e. The van der Waals surface area contributed by atoms with Gasteiger partial charge in [-0.2, -0.15) is 0 Å². The molecule has 1 aromatic rings. The van der Waals surface area contributed by atoms with Crippen LogP contribution in [0.25, 0.3) is 0 Å². The number of likely N-dealkylation sites (N-methyl/N-ethyl adjacent to an activating group) is 1. The highest BCUT2D eigenvalue weighted by Crippen LogP contribution is 2.17. The van der Waals surface area contributed by atoms with Crippen LogP contribution in [0.5, 0.6) is 0 Å². The summed E-state index contributed by atoms with van der Waals surface area (Å²) in [5.41, 5.74) is 1.35. The minimum absolute atomic E-state index is 0.414. The van der Waals surface area contributed by atoms with Crippen LogP contribution >= 0.6 is 12.2 Å². The van der Waals surface area contributed by atoms with Gasteiger partial charge in [0.1, 0.15) is 6.04 Å². The van der Waals surface area contributed by atoms with Crippen molar-refractivity contribution in [1.29, 1.82) is 0 Å². The van der Waals surface area contributed by atoms with Crippen molar-refractivity contribution < 1.29 is 4.90 Å². The van der Waals surface area contributed by atoms with Crippen LogP contribution in [-0.4, -0.2) is 31.8 Å². The van der Waals surface area contributed by atoms with Crippen molar-refractivity contribution in [3.05, 3.63) is 35.9 Å². The van der Waals surface area contributed by atoms with E-state index in [4.69, 9.17) is 12.2 Å². The SMILES string of the molecule is C[NH+](C)[C@H](CNC(=S)NC1CCCCC1)c1ccccc1. The maximum atomic E-state index is 5.46. The van der Waals surface area contributed by atoms with Crippen LogP contribution in [0.1, 0.15) is 43.7 Å². The predicted octanol–water partition coefficient (Wildman–Crippen LogP) is 1.67. The Morgan fingerprint density at radius 1 is 1.19 bits per heavy atom. The lowest BCUT2D eigenvalue weighted by Crippen LogP contribution is -3.07. The summed E-state index contributed by atoms with van der Waals surface area (Å²) in [7, 11) is 4.38. The predicted molar refractivity (Wildman–Crippen MR) is 92.6 cm³/mol. The molecular formula is C17H28N3S+. The highest BCUT2D eigenvalue weighted by Gasteiger charge is 2.19. The van der Waals surface area contributed by atoms with Crippen LogP contribution < -0.4 is 15.5 Å². The van der Waals surface area contributed by atoms with E-state index in [0.717, 1.165) is 11.7 Å². The largest absolute Gasteiger partial charge is 0.360 e. The van der Waals surface area contributed by atoms with Crippen molar-refractivity contribution in [2.45, 2.75) is 44.2 Å². The zero-order chi connectivity index (χ0) is 15.1. The summed E-state index contributed by atoms with van der Waals surface area (Å²) < 4.78 is 0. The summed E-state index contributed by atoms with van der Waals surface area (Å²) in [5, 5.41) is 7.69. The van der Waals surface area contributed by atoms with E-state index >= 15 is 0 Å². The van der Waals surface area contributed by atoms with E-state index in [2.05, 4.69) is 55.1 Å². The molecule has 1 aromatic carbocycles. The molecule has 0 spiro atoms. The molecule has 0 unspecified atom stereocenters. The van der Waals surface area contributed by atoms with Gasteiger partial charge in [0, 0.05) is 11.6 Å². The summed E-state index contributed by atoms with van der Waals surface area (Å²) in [4.78, 5) is 1.41. The third-order valence-corrected chi connectivity index (χ3v) is 4.57. The minimum atomic E-state index is 0.414.